The molecule has 1 N–H and O–H groups in total. The van der Waals surface area contributed by atoms with Crippen LogP contribution < -0.4 is 0 Å². The van der Waals surface area contributed by atoms with Crippen molar-refractivity contribution in [2.75, 3.05) is 6.54 Å². The summed E-state index contributed by atoms with van der Waals surface area (Å²) >= 11 is 1.09. The maximum Gasteiger partial charge on any atom is 0.410 e. The van der Waals surface area contributed by atoms with Crippen molar-refractivity contribution in [1.29, 1.82) is 0 Å². The van der Waals surface area contributed by atoms with Crippen LogP contribution in [0.5, 0.6) is 0 Å². The Morgan fingerprint density at radius 1 is 1.35 bits per heavy atom. The van der Waals surface area contributed by atoms with Gasteiger partial charge in [-0.1, -0.05) is 11.8 Å². The summed E-state index contributed by atoms with van der Waals surface area (Å²) in [6, 6.07) is 5.06. The molecule has 0 spiro atoms. The van der Waals surface area contributed by atoms with Crippen LogP contribution in [0, 0.1) is 10.1 Å². The predicted octanol–water partition coefficient (Wildman–Crippen LogP) is 2.43. The van der Waals surface area contributed by atoms with Crippen molar-refractivity contribution in [2.45, 2.75) is 37.7 Å². The van der Waals surface area contributed by atoms with Crippen LogP contribution in [0.15, 0.2) is 24.3 Å². The number of carboxylic acid groups (broad SMARTS) is 1. The van der Waals surface area contributed by atoms with Gasteiger partial charge in [-0.05, 0) is 24.1 Å². The van der Waals surface area contributed by atoms with E-state index >= 15 is 0 Å². The lowest BCUT2D eigenvalue weighted by Crippen LogP contribution is -2.37. The molecule has 140 valence electrons. The Labute approximate surface area is 153 Å². The number of ether oxygens (including phenoxy) is 1. The molecule has 1 heterocycles. The van der Waals surface area contributed by atoms with E-state index in [0.717, 1.165) is 11.8 Å². The van der Waals surface area contributed by atoms with E-state index in [2.05, 4.69) is 0 Å². The van der Waals surface area contributed by atoms with Crippen molar-refractivity contribution in [3.05, 3.63) is 39.9 Å². The lowest BCUT2D eigenvalue weighted by atomic mass is 10.1. The number of carbonyl (C=O) groups excluding carboxylic acids is 2. The van der Waals surface area contributed by atoms with E-state index in [1.165, 1.54) is 36.1 Å². The van der Waals surface area contributed by atoms with Crippen LogP contribution in [0.3, 0.4) is 0 Å². The Morgan fingerprint density at radius 2 is 2.00 bits per heavy atom. The first-order valence-corrected chi connectivity index (χ1v) is 8.70. The summed E-state index contributed by atoms with van der Waals surface area (Å²) in [5, 5.41) is 19.4. The molecular formula is C16H18N2O7S. The van der Waals surface area contributed by atoms with Gasteiger partial charge in [0.05, 0.1) is 11.3 Å². The average Bonchev–Trinajstić information content (AvgIpc) is 2.93. The zero-order chi connectivity index (χ0) is 19.3. The molecule has 10 heteroatoms. The summed E-state index contributed by atoms with van der Waals surface area (Å²) in [7, 11) is 0. The fourth-order valence-corrected chi connectivity index (χ4v) is 3.78. The molecule has 1 amide bonds. The number of thioether (sulfide) groups is 1. The van der Waals surface area contributed by atoms with Gasteiger partial charge < -0.3 is 14.7 Å². The number of nitrogens with zero attached hydrogens (tertiary/aromatic N) is 2. The summed E-state index contributed by atoms with van der Waals surface area (Å²) < 4.78 is 5.21. The van der Waals surface area contributed by atoms with Crippen LogP contribution in [0.1, 0.15) is 25.3 Å². The molecule has 9 nitrogen and oxygen atoms in total. The van der Waals surface area contributed by atoms with Crippen LogP contribution in [0.2, 0.25) is 0 Å². The van der Waals surface area contributed by atoms with Crippen molar-refractivity contribution in [3.8, 4) is 0 Å². The van der Waals surface area contributed by atoms with Crippen LogP contribution in [0.25, 0.3) is 0 Å². The summed E-state index contributed by atoms with van der Waals surface area (Å²) in [6.07, 6.45) is -0.480. The lowest BCUT2D eigenvalue weighted by molar-refractivity contribution is -0.384. The summed E-state index contributed by atoms with van der Waals surface area (Å²) in [6.45, 7) is 1.57. The van der Waals surface area contributed by atoms with Gasteiger partial charge in [0.25, 0.3) is 5.69 Å². The normalized spacial score (nSPS) is 19.2. The largest absolute Gasteiger partial charge is 0.481 e. The number of carbonyl (C=O) groups is 3. The van der Waals surface area contributed by atoms with E-state index in [1.807, 2.05) is 0 Å². The third-order valence-corrected chi connectivity index (χ3v) is 4.87. The highest BCUT2D eigenvalue weighted by molar-refractivity contribution is 8.14. The van der Waals surface area contributed by atoms with Crippen LogP contribution in [0.4, 0.5) is 10.5 Å². The lowest BCUT2D eigenvalue weighted by Gasteiger charge is -2.22. The topological polar surface area (TPSA) is 127 Å². The van der Waals surface area contributed by atoms with E-state index < -0.39 is 23.0 Å². The Hall–Kier alpha value is -2.62. The number of hydrogen-bond donors (Lipinski definition) is 1. The summed E-state index contributed by atoms with van der Waals surface area (Å²) in [4.78, 5) is 46.0. The van der Waals surface area contributed by atoms with E-state index in [9.17, 15) is 24.5 Å². The molecule has 0 aliphatic carbocycles. The molecule has 2 rings (SSSR count). The Bertz CT molecular complexity index is 707. The van der Waals surface area contributed by atoms with Gasteiger partial charge in [0.2, 0.25) is 0 Å². The number of carboxylic acids is 1. The van der Waals surface area contributed by atoms with Crippen LogP contribution in [-0.2, 0) is 20.9 Å². The van der Waals surface area contributed by atoms with E-state index in [0.29, 0.717) is 12.0 Å². The highest BCUT2D eigenvalue weighted by atomic mass is 32.2. The summed E-state index contributed by atoms with van der Waals surface area (Å²) in [5.74, 6) is -1.03. The second-order valence-electron chi connectivity index (χ2n) is 5.85. The first-order valence-electron chi connectivity index (χ1n) is 7.82. The van der Waals surface area contributed by atoms with Gasteiger partial charge >= 0.3 is 12.1 Å². The van der Waals surface area contributed by atoms with Crippen LogP contribution in [-0.4, -0.2) is 49.9 Å². The summed E-state index contributed by atoms with van der Waals surface area (Å²) in [5.41, 5.74) is 0.512. The zero-order valence-corrected chi connectivity index (χ0v) is 14.8. The molecule has 1 aromatic rings. The predicted molar refractivity (Wildman–Crippen MR) is 92.7 cm³/mol. The Kier molecular flexibility index (Phi) is 6.56. The van der Waals surface area contributed by atoms with Gasteiger partial charge in [0, 0.05) is 36.9 Å². The molecule has 0 aromatic heterocycles. The molecule has 0 bridgehead atoms. The average molecular weight is 382 g/mol. The fraction of sp³-hybridized carbons (Fsp3) is 0.438. The third-order valence-electron chi connectivity index (χ3n) is 3.86. The first kappa shape index (κ1) is 19.7. The second kappa shape index (κ2) is 8.65. The zero-order valence-electron chi connectivity index (χ0n) is 14.0. The maximum absolute atomic E-state index is 12.3. The smallest absolute Gasteiger partial charge is 0.410 e. The number of amides is 1. The first-order chi connectivity index (χ1) is 12.3. The van der Waals surface area contributed by atoms with Crippen molar-refractivity contribution in [3.63, 3.8) is 0 Å². The fourth-order valence-electron chi connectivity index (χ4n) is 2.75. The highest BCUT2D eigenvalue weighted by Gasteiger charge is 2.38. The standard InChI is InChI=1S/C16H18N2O7S/c1-10(19)26-14-6-13(7-15(20)21)17(8-14)16(22)25-9-11-2-4-12(5-3-11)18(23)24/h2-5,13-14H,6-9H2,1H3,(H,20,21)/t13-,14-/m0/s1. The molecule has 1 saturated heterocycles. The molecule has 1 aliphatic rings. The highest BCUT2D eigenvalue weighted by Crippen LogP contribution is 2.30. The minimum atomic E-state index is -1.03. The molecule has 0 saturated carbocycles. The maximum atomic E-state index is 12.3. The van der Waals surface area contributed by atoms with Gasteiger partial charge in [-0.25, -0.2) is 4.79 Å². The van der Waals surface area contributed by atoms with Gasteiger partial charge in [0.1, 0.15) is 6.61 Å². The van der Waals surface area contributed by atoms with Crippen LogP contribution >= 0.6 is 11.8 Å². The molecule has 1 aromatic carbocycles. The Balaban J connectivity index is 1.97. The van der Waals surface area contributed by atoms with Gasteiger partial charge in [-0.3, -0.25) is 19.7 Å². The number of likely N-dealkylation sites (tertiary alicyclic amines) is 1. The Morgan fingerprint density at radius 3 is 2.54 bits per heavy atom. The van der Waals surface area contributed by atoms with E-state index in [1.54, 1.807) is 0 Å². The number of benzene rings is 1. The molecule has 0 unspecified atom stereocenters. The van der Waals surface area contributed by atoms with Gasteiger partial charge in [0.15, 0.2) is 5.12 Å². The van der Waals surface area contributed by atoms with E-state index in [-0.39, 0.29) is 35.6 Å². The molecule has 0 radical (unpaired) electrons. The number of aliphatic carboxylic acids is 1. The number of nitro groups is 1. The number of rotatable bonds is 6. The number of nitro benzene ring substituents is 1. The van der Waals surface area contributed by atoms with Crippen molar-refractivity contribution in [1.82, 2.24) is 4.90 Å². The van der Waals surface area contributed by atoms with Gasteiger partial charge in [-0.2, -0.15) is 0 Å². The molecular weight excluding hydrogens is 364 g/mol. The second-order valence-corrected chi connectivity index (χ2v) is 7.33. The minimum Gasteiger partial charge on any atom is -0.481 e. The van der Waals surface area contributed by atoms with Gasteiger partial charge in [-0.15, -0.1) is 0 Å². The van der Waals surface area contributed by atoms with Crippen molar-refractivity contribution in [2.24, 2.45) is 0 Å². The van der Waals surface area contributed by atoms with Crippen molar-refractivity contribution >= 4 is 34.6 Å². The molecule has 1 fully saturated rings. The number of non-ortho nitro benzene ring substituents is 1. The molecule has 1 aliphatic heterocycles. The molecule has 26 heavy (non-hydrogen) atoms. The SMILES string of the molecule is CC(=O)S[C@H]1C[C@@H](CC(=O)O)N(C(=O)OCc2ccc([N+](=O)[O-])cc2)C1. The quantitative estimate of drug-likeness (QED) is 0.587. The minimum absolute atomic E-state index is 0.0646. The third kappa shape index (κ3) is 5.45. The monoisotopic (exact) mass is 382 g/mol. The molecule has 2 atom stereocenters. The van der Waals surface area contributed by atoms with E-state index in [4.69, 9.17) is 9.84 Å². The van der Waals surface area contributed by atoms with Crippen molar-refractivity contribution < 1.29 is 29.2 Å². The number of hydrogen-bond acceptors (Lipinski definition) is 7.